The maximum Gasteiger partial charge on any atom is 0.327 e. The molecule has 0 bridgehead atoms. The van der Waals surface area contributed by atoms with E-state index in [1.54, 1.807) is 6.20 Å². The largest absolute Gasteiger partial charge is 0.480 e. The molecule has 11 N–H and O–H groups in total. The van der Waals surface area contributed by atoms with Crippen LogP contribution >= 0.6 is 25.3 Å². The van der Waals surface area contributed by atoms with Crippen molar-refractivity contribution in [3.63, 3.8) is 0 Å². The predicted octanol–water partition coefficient (Wildman–Crippen LogP) is -1.51. The van der Waals surface area contributed by atoms with E-state index in [1.807, 2.05) is 24.3 Å². The average molecular weight is 567 g/mol. The molecule has 208 valence electrons. The summed E-state index contributed by atoms with van der Waals surface area (Å²) in [6.07, 6.45) is 2.41. The van der Waals surface area contributed by atoms with E-state index in [2.05, 4.69) is 51.2 Å². The number of nitrogens with two attached hydrogens (primary N) is 3. The molecular formula is C23H34N8O5S2. The lowest BCUT2D eigenvalue weighted by Gasteiger charge is -2.24. The first-order chi connectivity index (χ1) is 18.1. The third-order valence-electron chi connectivity index (χ3n) is 5.64. The number of aromatic nitrogens is 1. The Morgan fingerprint density at radius 3 is 2.18 bits per heavy atom. The van der Waals surface area contributed by atoms with Crippen LogP contribution in [0.5, 0.6) is 0 Å². The summed E-state index contributed by atoms with van der Waals surface area (Å²) in [6, 6.07) is 3.15. The second-order valence-corrected chi connectivity index (χ2v) is 9.24. The standard InChI is InChI=1S/C23H34N8O5S2/c24-14(8-12-9-28-15-5-2-1-4-13(12)15)19(32)30-17(10-37)21(34)29-16(6-3-7-27-23(25)26)20(33)31-18(11-38)22(35)36/h1-2,4-5,9,14,16-18,28,37-38H,3,6-8,10-11,24H2,(H,29,34)(H,30,32)(H,31,33)(H,35,36)(H4,25,26,27). The Bertz CT molecular complexity index is 1150. The van der Waals surface area contributed by atoms with E-state index < -0.39 is 47.9 Å². The normalized spacial score (nSPS) is 14.1. The summed E-state index contributed by atoms with van der Waals surface area (Å²) in [7, 11) is 0. The zero-order valence-corrected chi connectivity index (χ0v) is 22.4. The van der Waals surface area contributed by atoms with Crippen molar-refractivity contribution in [1.29, 1.82) is 0 Å². The third-order valence-corrected chi connectivity index (χ3v) is 6.37. The second-order valence-electron chi connectivity index (χ2n) is 8.51. The summed E-state index contributed by atoms with van der Waals surface area (Å²) >= 11 is 8.09. The Morgan fingerprint density at radius 2 is 1.55 bits per heavy atom. The number of fused-ring (bicyclic) bond motifs is 1. The Morgan fingerprint density at radius 1 is 0.947 bits per heavy atom. The quantitative estimate of drug-likeness (QED) is 0.0526. The number of carbonyl (C=O) groups excluding carboxylic acids is 3. The van der Waals surface area contributed by atoms with Crippen LogP contribution in [-0.4, -0.2) is 82.0 Å². The van der Waals surface area contributed by atoms with Gasteiger partial charge >= 0.3 is 5.97 Å². The van der Waals surface area contributed by atoms with Gasteiger partial charge in [-0.15, -0.1) is 0 Å². The van der Waals surface area contributed by atoms with Crippen molar-refractivity contribution in [2.75, 3.05) is 18.1 Å². The van der Waals surface area contributed by atoms with Gasteiger partial charge in [-0.2, -0.15) is 25.3 Å². The fourth-order valence-electron chi connectivity index (χ4n) is 3.61. The van der Waals surface area contributed by atoms with Gasteiger partial charge in [-0.05, 0) is 30.9 Å². The van der Waals surface area contributed by atoms with Crippen molar-refractivity contribution in [1.82, 2.24) is 20.9 Å². The molecule has 0 aliphatic heterocycles. The van der Waals surface area contributed by atoms with E-state index in [0.29, 0.717) is 6.42 Å². The van der Waals surface area contributed by atoms with Gasteiger partial charge in [-0.25, -0.2) is 4.79 Å². The number of carboxylic acid groups (broad SMARTS) is 1. The number of nitrogens with one attached hydrogen (secondary N) is 4. The molecule has 3 amide bonds. The number of thiol groups is 2. The molecule has 4 atom stereocenters. The molecule has 13 nitrogen and oxygen atoms in total. The van der Waals surface area contributed by atoms with Gasteiger partial charge in [0.2, 0.25) is 17.7 Å². The van der Waals surface area contributed by atoms with E-state index in [0.717, 1.165) is 16.5 Å². The summed E-state index contributed by atoms with van der Waals surface area (Å²) in [5.41, 5.74) is 18.5. The molecule has 0 saturated carbocycles. The number of nitrogens with zero attached hydrogens (tertiary/aromatic N) is 1. The Kier molecular flexibility index (Phi) is 12.2. The van der Waals surface area contributed by atoms with E-state index in [1.165, 1.54) is 0 Å². The second kappa shape index (κ2) is 15.1. The van der Waals surface area contributed by atoms with Crippen LogP contribution < -0.4 is 33.2 Å². The minimum Gasteiger partial charge on any atom is -0.480 e. The van der Waals surface area contributed by atoms with Crippen molar-refractivity contribution in [2.24, 2.45) is 22.2 Å². The Balaban J connectivity index is 2.05. The molecule has 0 aliphatic rings. The van der Waals surface area contributed by atoms with Gasteiger partial charge < -0.3 is 43.2 Å². The number of hydrogen-bond donors (Lipinski definition) is 10. The zero-order valence-electron chi connectivity index (χ0n) is 20.6. The van der Waals surface area contributed by atoms with Crippen LogP contribution in [-0.2, 0) is 25.6 Å². The maximum atomic E-state index is 13.0. The lowest BCUT2D eigenvalue weighted by Crippen LogP contribution is -2.58. The van der Waals surface area contributed by atoms with Crippen molar-refractivity contribution in [2.45, 2.75) is 43.4 Å². The number of aliphatic imine (C=N–C) groups is 1. The molecule has 0 spiro atoms. The van der Waals surface area contributed by atoms with Crippen molar-refractivity contribution >= 4 is 65.8 Å². The average Bonchev–Trinajstić information content (AvgIpc) is 3.29. The van der Waals surface area contributed by atoms with Crippen LogP contribution in [0.25, 0.3) is 10.9 Å². The topological polar surface area (TPSA) is 231 Å². The summed E-state index contributed by atoms with van der Waals surface area (Å²) in [5.74, 6) is -3.62. The first kappa shape index (κ1) is 30.8. The number of hydrogen-bond acceptors (Lipinski definition) is 8. The number of aliphatic carboxylic acids is 1. The highest BCUT2D eigenvalue weighted by molar-refractivity contribution is 7.80. The monoisotopic (exact) mass is 566 g/mol. The molecule has 1 heterocycles. The van der Waals surface area contributed by atoms with Crippen LogP contribution in [0.15, 0.2) is 35.5 Å². The van der Waals surface area contributed by atoms with Gasteiger partial charge in [0, 0.05) is 35.2 Å². The van der Waals surface area contributed by atoms with Crippen LogP contribution in [0.1, 0.15) is 18.4 Å². The van der Waals surface area contributed by atoms with Crippen LogP contribution in [0.4, 0.5) is 0 Å². The number of para-hydroxylation sites is 1. The summed E-state index contributed by atoms with van der Waals surface area (Å²) in [4.78, 5) is 56.8. The first-order valence-corrected chi connectivity index (χ1v) is 13.0. The summed E-state index contributed by atoms with van der Waals surface area (Å²) in [5, 5.41) is 17.6. The molecule has 2 aromatic rings. The highest BCUT2D eigenvalue weighted by Gasteiger charge is 2.29. The number of benzene rings is 1. The molecule has 1 aromatic carbocycles. The van der Waals surface area contributed by atoms with Crippen molar-refractivity contribution in [3.05, 3.63) is 36.0 Å². The minimum atomic E-state index is -1.27. The molecule has 15 heteroatoms. The molecular weight excluding hydrogens is 532 g/mol. The van der Waals surface area contributed by atoms with Gasteiger partial charge in [-0.1, -0.05) is 18.2 Å². The van der Waals surface area contributed by atoms with E-state index in [-0.39, 0.29) is 36.9 Å². The smallest absolute Gasteiger partial charge is 0.327 e. The molecule has 0 fully saturated rings. The first-order valence-electron chi connectivity index (χ1n) is 11.8. The van der Waals surface area contributed by atoms with Gasteiger partial charge in [-0.3, -0.25) is 19.4 Å². The molecule has 4 unspecified atom stereocenters. The predicted molar refractivity (Wildman–Crippen MR) is 151 cm³/mol. The highest BCUT2D eigenvalue weighted by atomic mass is 32.1. The summed E-state index contributed by atoms with van der Waals surface area (Å²) < 4.78 is 0. The van der Waals surface area contributed by atoms with Crippen molar-refractivity contribution in [3.8, 4) is 0 Å². The van der Waals surface area contributed by atoms with Gasteiger partial charge in [0.05, 0.1) is 6.04 Å². The van der Waals surface area contributed by atoms with Gasteiger partial charge in [0.1, 0.15) is 18.1 Å². The molecule has 2 rings (SSSR count). The number of aromatic amines is 1. The fraction of sp³-hybridized carbons (Fsp3) is 0.435. The third kappa shape index (κ3) is 9.15. The van der Waals surface area contributed by atoms with Crippen molar-refractivity contribution < 1.29 is 24.3 Å². The molecule has 0 saturated heterocycles. The Hall–Kier alpha value is -3.43. The van der Waals surface area contributed by atoms with Gasteiger partial charge in [0.25, 0.3) is 0 Å². The van der Waals surface area contributed by atoms with Crippen LogP contribution in [0.3, 0.4) is 0 Å². The molecule has 0 radical (unpaired) electrons. The molecule has 38 heavy (non-hydrogen) atoms. The number of guanidine groups is 1. The molecule has 1 aromatic heterocycles. The number of amides is 3. The fourth-order valence-corrected chi connectivity index (χ4v) is 4.11. The zero-order chi connectivity index (χ0) is 28.2. The van der Waals surface area contributed by atoms with Crippen LogP contribution in [0.2, 0.25) is 0 Å². The van der Waals surface area contributed by atoms with E-state index in [4.69, 9.17) is 17.2 Å². The van der Waals surface area contributed by atoms with E-state index in [9.17, 15) is 24.3 Å². The van der Waals surface area contributed by atoms with Crippen LogP contribution in [0, 0.1) is 0 Å². The minimum absolute atomic E-state index is 0.0753. The number of carbonyl (C=O) groups is 4. The summed E-state index contributed by atoms with van der Waals surface area (Å²) in [6.45, 7) is 0.187. The molecule has 0 aliphatic carbocycles. The lowest BCUT2D eigenvalue weighted by molar-refractivity contribution is -0.141. The Labute approximate surface area is 230 Å². The lowest BCUT2D eigenvalue weighted by atomic mass is 10.0. The number of carboxylic acids is 1. The number of H-pyrrole nitrogens is 1. The maximum absolute atomic E-state index is 13.0. The van der Waals surface area contributed by atoms with Gasteiger partial charge in [0.15, 0.2) is 5.96 Å². The SMILES string of the molecule is NC(N)=NCCCC(NC(=O)C(CS)NC(=O)C(N)Cc1c[nH]c2ccccc12)C(=O)NC(CS)C(=O)O. The van der Waals surface area contributed by atoms with E-state index >= 15 is 0 Å². The highest BCUT2D eigenvalue weighted by Crippen LogP contribution is 2.18. The number of rotatable bonds is 15.